The van der Waals surface area contributed by atoms with Crippen LogP contribution in [0.1, 0.15) is 59.6 Å². The molecule has 0 spiro atoms. The van der Waals surface area contributed by atoms with Gasteiger partial charge >= 0.3 is 0 Å². The highest BCUT2D eigenvalue weighted by Gasteiger charge is 2.35. The molecule has 0 aliphatic heterocycles. The number of imidazole rings is 3. The summed E-state index contributed by atoms with van der Waals surface area (Å²) in [6, 6.07) is 22.4. The zero-order valence-corrected chi connectivity index (χ0v) is 45.3. The first kappa shape index (κ1) is 59.8. The van der Waals surface area contributed by atoms with E-state index < -0.39 is 83.6 Å². The maximum atomic E-state index is 14.7. The molecule has 82 heavy (non-hydrogen) atoms. The van der Waals surface area contributed by atoms with Gasteiger partial charge < -0.3 is 68.1 Å². The average molecular weight is 1120 g/mol. The van der Waals surface area contributed by atoms with Crippen LogP contribution in [0.3, 0.4) is 0 Å². The molecule has 14 N–H and O–H groups in total. The minimum Gasteiger partial charge on any atom is -0.504 e. The normalized spacial score (nSPS) is 13.8. The van der Waals surface area contributed by atoms with Crippen LogP contribution in [0.25, 0.3) is 6.08 Å². The highest BCUT2D eigenvalue weighted by atomic mass is 16.3. The molecule has 0 aliphatic rings. The van der Waals surface area contributed by atoms with Gasteiger partial charge in [0.2, 0.25) is 41.4 Å². The van der Waals surface area contributed by atoms with Gasteiger partial charge in [0, 0.05) is 74.0 Å². The van der Waals surface area contributed by atoms with Gasteiger partial charge in [-0.1, -0.05) is 111 Å². The highest BCUT2D eigenvalue weighted by Crippen LogP contribution is 2.25. The molecule has 428 valence electrons. The number of benzene rings is 4. The number of amides is 7. The predicted octanol–water partition coefficient (Wildman–Crippen LogP) is 2.09. The largest absolute Gasteiger partial charge is 0.504 e. The third-order valence-electron chi connectivity index (χ3n) is 13.1. The Bertz CT molecular complexity index is 3200. The maximum absolute atomic E-state index is 14.7. The van der Waals surface area contributed by atoms with Gasteiger partial charge in [0.05, 0.1) is 25.0 Å². The molecule has 0 unspecified atom stereocenters. The average Bonchev–Trinajstić information content (AvgIpc) is 4.32. The van der Waals surface area contributed by atoms with Crippen molar-refractivity contribution in [2.45, 2.75) is 101 Å². The molecular weight excluding hydrogens is 1050 g/mol. The van der Waals surface area contributed by atoms with Gasteiger partial charge in [0.25, 0.3) is 0 Å². The second-order valence-corrected chi connectivity index (χ2v) is 20.1. The Hall–Kier alpha value is -9.90. The first-order valence-corrected chi connectivity index (χ1v) is 26.7. The first-order valence-electron chi connectivity index (χ1n) is 26.7. The molecule has 0 aliphatic carbocycles. The topological polar surface area (TPSA) is 356 Å². The number of carbonyl (C=O) groups is 7. The Labute approximate surface area is 473 Å². The minimum atomic E-state index is -1.38. The first-order chi connectivity index (χ1) is 39.6. The van der Waals surface area contributed by atoms with Crippen molar-refractivity contribution in [1.82, 2.24) is 67.1 Å². The second-order valence-electron chi connectivity index (χ2n) is 20.1. The quantitative estimate of drug-likeness (QED) is 0.0299. The lowest BCUT2D eigenvalue weighted by molar-refractivity contribution is -0.135. The number of phenols is 2. The number of nitrogens with two attached hydrogens (primary N) is 1. The Balaban J connectivity index is 1.10. The van der Waals surface area contributed by atoms with Crippen LogP contribution in [0.15, 0.2) is 153 Å². The van der Waals surface area contributed by atoms with Gasteiger partial charge in [-0.05, 0) is 59.2 Å². The Morgan fingerprint density at radius 1 is 0.463 bits per heavy atom. The predicted molar refractivity (Wildman–Crippen MR) is 303 cm³/mol. The lowest BCUT2D eigenvalue weighted by Gasteiger charge is -2.28. The fourth-order valence-corrected chi connectivity index (χ4v) is 8.86. The van der Waals surface area contributed by atoms with Crippen LogP contribution in [-0.2, 0) is 72.1 Å². The molecule has 7 aromatic rings. The number of aromatic nitrogens is 6. The summed E-state index contributed by atoms with van der Waals surface area (Å²) in [7, 11) is 0. The Morgan fingerprint density at radius 2 is 0.829 bits per heavy atom. The molecule has 3 heterocycles. The van der Waals surface area contributed by atoms with Crippen molar-refractivity contribution in [3.63, 3.8) is 0 Å². The molecule has 0 bridgehead atoms. The highest BCUT2D eigenvalue weighted by molar-refractivity contribution is 5.97. The van der Waals surface area contributed by atoms with Crippen molar-refractivity contribution < 1.29 is 43.8 Å². The van der Waals surface area contributed by atoms with Gasteiger partial charge in [0.15, 0.2) is 11.5 Å². The summed E-state index contributed by atoms with van der Waals surface area (Å²) in [5.74, 6) is -5.84. The zero-order chi connectivity index (χ0) is 58.4. The molecule has 0 radical (unpaired) electrons. The molecule has 7 rings (SSSR count). The number of aromatic hydroxyl groups is 2. The van der Waals surface area contributed by atoms with E-state index in [2.05, 4.69) is 67.1 Å². The number of nitrogens with zero attached hydrogens (tertiary/aromatic N) is 3. The number of H-pyrrole nitrogens is 3. The van der Waals surface area contributed by atoms with Crippen LogP contribution in [-0.4, -0.2) is 124 Å². The summed E-state index contributed by atoms with van der Waals surface area (Å²) in [6.45, 7) is 3.68. The van der Waals surface area contributed by atoms with Crippen LogP contribution >= 0.6 is 0 Å². The van der Waals surface area contributed by atoms with Crippen molar-refractivity contribution in [3.8, 4) is 11.5 Å². The SMILES string of the molecule is CC(C)C[C@H](NC(=O)[C@H](Cc1cnc[nH]1)NC(=O)[C@H](Cc1ccccc1)NC(=O)[C@@H](N)Cc1ccccc1)C(=O)N[C@@H](Cc1cnc[nH]1)C(=O)N[C@@H](Cc1ccccc1)C(=O)N[C@@H](Cc1cnc[nH]1)C(=O)N/C=C\c1ccc(O)c(O)c1. The van der Waals surface area contributed by atoms with E-state index in [4.69, 9.17) is 5.73 Å². The number of nitrogens with one attached hydrogen (secondary N) is 10. The lowest BCUT2D eigenvalue weighted by Crippen LogP contribution is -2.61. The van der Waals surface area contributed by atoms with Crippen molar-refractivity contribution in [3.05, 3.63) is 192 Å². The third kappa shape index (κ3) is 18.6. The van der Waals surface area contributed by atoms with Crippen LogP contribution < -0.4 is 43.0 Å². The number of rotatable bonds is 29. The molecule has 0 saturated carbocycles. The van der Waals surface area contributed by atoms with Crippen molar-refractivity contribution >= 4 is 47.4 Å². The van der Waals surface area contributed by atoms with E-state index in [0.29, 0.717) is 28.2 Å². The van der Waals surface area contributed by atoms with Crippen molar-refractivity contribution in [2.75, 3.05) is 0 Å². The summed E-state index contributed by atoms with van der Waals surface area (Å²) >= 11 is 0. The molecule has 23 heteroatoms. The van der Waals surface area contributed by atoms with E-state index in [9.17, 15) is 43.8 Å². The van der Waals surface area contributed by atoms with Crippen LogP contribution in [0.4, 0.5) is 0 Å². The van der Waals surface area contributed by atoms with E-state index in [1.807, 2.05) is 50.2 Å². The van der Waals surface area contributed by atoms with Gasteiger partial charge in [-0.3, -0.25) is 33.6 Å². The van der Waals surface area contributed by atoms with E-state index in [-0.39, 0.29) is 62.4 Å². The molecule has 0 fully saturated rings. The standard InChI is InChI=1S/C59H68N14O9/c1-36(2)22-45(69-58(81)49(28-42-31-62-34-66-42)73-56(79)46(24-38-14-8-4-9-15-38)68-53(76)44(60)23-37-12-6-3-7-13-37)55(78)72-50(29-43-32-63-35-67-43)59(82)70-47(25-39-16-10-5-11-17-39)57(80)71-48(27-41-30-61-33-65-41)54(77)64-21-20-40-18-19-51(74)52(75)26-40/h3-21,26,30-36,44-50,74-75H,22-25,27-29,60H2,1-2H3,(H,61,65)(H,62,66)(H,63,67)(H,64,77)(H,68,76)(H,69,81)(H,70,82)(H,71,80)(H,72,78)(H,73,79)/b21-20-/t44-,45-,46-,47-,48-,49-,50-/m0/s1. The van der Waals surface area contributed by atoms with Crippen molar-refractivity contribution in [2.24, 2.45) is 11.7 Å². The van der Waals surface area contributed by atoms with E-state index in [1.165, 1.54) is 68.0 Å². The van der Waals surface area contributed by atoms with Crippen molar-refractivity contribution in [1.29, 1.82) is 0 Å². The Morgan fingerprint density at radius 3 is 1.22 bits per heavy atom. The number of hydrogen-bond donors (Lipinski definition) is 13. The number of hydrogen-bond acceptors (Lipinski definition) is 13. The maximum Gasteiger partial charge on any atom is 0.246 e. The molecular formula is C59H68N14O9. The minimum absolute atomic E-state index is 0.0416. The fourth-order valence-electron chi connectivity index (χ4n) is 8.86. The number of phenolic OH excluding ortho intramolecular Hbond substituents is 2. The smallest absolute Gasteiger partial charge is 0.246 e. The summed E-state index contributed by atoms with van der Waals surface area (Å²) in [4.78, 5) is 121. The molecule has 3 aromatic heterocycles. The van der Waals surface area contributed by atoms with Gasteiger partial charge in [-0.25, -0.2) is 15.0 Å². The fraction of sp³-hybridized carbons (Fsp3) is 0.288. The van der Waals surface area contributed by atoms with Crippen LogP contribution in [0.2, 0.25) is 0 Å². The number of aromatic amines is 3. The van der Waals surface area contributed by atoms with Gasteiger partial charge in [-0.2, -0.15) is 0 Å². The second kappa shape index (κ2) is 29.9. The zero-order valence-electron chi connectivity index (χ0n) is 45.3. The molecule has 23 nitrogen and oxygen atoms in total. The summed E-state index contributed by atoms with van der Waals surface area (Å²) in [5, 5.41) is 39.1. The summed E-state index contributed by atoms with van der Waals surface area (Å²) in [5.41, 5.74) is 10.4. The van der Waals surface area contributed by atoms with Gasteiger partial charge in [-0.15, -0.1) is 0 Å². The summed E-state index contributed by atoms with van der Waals surface area (Å²) < 4.78 is 0. The molecule has 7 atom stereocenters. The van der Waals surface area contributed by atoms with Crippen LogP contribution in [0, 0.1) is 5.92 Å². The third-order valence-corrected chi connectivity index (χ3v) is 13.1. The Kier molecular flexibility index (Phi) is 21.8. The van der Waals surface area contributed by atoms with Gasteiger partial charge in [0.1, 0.15) is 36.3 Å². The molecule has 0 saturated heterocycles. The number of carbonyl (C=O) groups excluding carboxylic acids is 7. The van der Waals surface area contributed by atoms with E-state index >= 15 is 0 Å². The molecule has 7 amide bonds. The van der Waals surface area contributed by atoms with Crippen LogP contribution in [0.5, 0.6) is 11.5 Å². The van der Waals surface area contributed by atoms with E-state index in [1.54, 1.807) is 54.6 Å². The summed E-state index contributed by atoms with van der Waals surface area (Å²) in [6.07, 6.45) is 11.5. The molecule has 4 aromatic carbocycles. The van der Waals surface area contributed by atoms with E-state index in [0.717, 1.165) is 11.1 Å². The lowest BCUT2D eigenvalue weighted by atomic mass is 10.00. The monoisotopic (exact) mass is 1120 g/mol.